The van der Waals surface area contributed by atoms with Gasteiger partial charge in [0.1, 0.15) is 0 Å². The molecule has 0 aliphatic carbocycles. The first-order valence-electron chi connectivity index (χ1n) is 11.4. The van der Waals surface area contributed by atoms with Crippen molar-refractivity contribution in [2.24, 2.45) is 0 Å². The van der Waals surface area contributed by atoms with Crippen LogP contribution in [0.15, 0.2) is 103 Å². The predicted molar refractivity (Wildman–Crippen MR) is 138 cm³/mol. The van der Waals surface area contributed by atoms with E-state index in [-0.39, 0.29) is 0 Å². The Morgan fingerprint density at radius 1 is 0.533 bits per heavy atom. The standard InChI is InChI=1S/C29H35P/c1-2-3-4-5-6-7-8-9-19-26-30(27-20-13-10-14-21-27,28-22-15-11-16-23-28)29-24-17-12-18-25-29/h7-8,10-18,20-26H,2-6,9,19H2,1H3/b8-7-. The Labute approximate surface area is 183 Å². The van der Waals surface area contributed by atoms with Crippen molar-refractivity contribution in [2.75, 3.05) is 0 Å². The van der Waals surface area contributed by atoms with E-state index in [1.54, 1.807) is 0 Å². The number of hydrogen-bond donors (Lipinski definition) is 0. The van der Waals surface area contributed by atoms with E-state index in [2.05, 4.69) is 116 Å². The summed E-state index contributed by atoms with van der Waals surface area (Å²) in [7, 11) is 0. The Morgan fingerprint density at radius 2 is 1.00 bits per heavy atom. The van der Waals surface area contributed by atoms with E-state index >= 15 is 0 Å². The average Bonchev–Trinajstić information content (AvgIpc) is 2.82. The first-order chi connectivity index (χ1) is 14.9. The van der Waals surface area contributed by atoms with E-state index in [1.165, 1.54) is 48.0 Å². The minimum Gasteiger partial charge on any atom is -0.0885 e. The molecule has 0 radical (unpaired) electrons. The van der Waals surface area contributed by atoms with Gasteiger partial charge in [0.2, 0.25) is 0 Å². The zero-order valence-corrected chi connectivity index (χ0v) is 19.2. The zero-order chi connectivity index (χ0) is 20.9. The fourth-order valence-electron chi connectivity index (χ4n) is 4.04. The number of allylic oxidation sites excluding steroid dienone is 2. The first kappa shape index (κ1) is 22.4. The van der Waals surface area contributed by atoms with Crippen molar-refractivity contribution in [1.82, 2.24) is 0 Å². The molecule has 3 aromatic rings. The van der Waals surface area contributed by atoms with Crippen LogP contribution in [0.25, 0.3) is 0 Å². The molecule has 0 fully saturated rings. The SMILES string of the molecule is CCCCCC/C=C\CCC=P(c1ccccc1)(c1ccccc1)c1ccccc1. The molecule has 0 atom stereocenters. The Morgan fingerprint density at radius 3 is 1.47 bits per heavy atom. The van der Waals surface area contributed by atoms with E-state index < -0.39 is 6.89 Å². The molecule has 0 unspecified atom stereocenters. The van der Waals surface area contributed by atoms with Crippen LogP contribution in [-0.2, 0) is 0 Å². The second kappa shape index (κ2) is 12.4. The third-order valence-electron chi connectivity index (χ3n) is 5.62. The Hall–Kier alpha value is -2.30. The van der Waals surface area contributed by atoms with E-state index in [1.807, 2.05) is 0 Å². The third-order valence-corrected chi connectivity index (χ3v) is 9.76. The van der Waals surface area contributed by atoms with Gasteiger partial charge < -0.3 is 0 Å². The predicted octanol–water partition coefficient (Wildman–Crippen LogP) is 7.09. The number of hydrogen-bond acceptors (Lipinski definition) is 0. The second-order valence-electron chi connectivity index (χ2n) is 7.81. The molecular formula is C29H35P. The van der Waals surface area contributed by atoms with Gasteiger partial charge in [0, 0.05) is 0 Å². The molecule has 0 saturated heterocycles. The number of unbranched alkanes of at least 4 members (excludes halogenated alkanes) is 5. The smallest absolute Gasteiger partial charge is 0.0163 e. The fraction of sp³-hybridized carbons (Fsp3) is 0.276. The molecular weight excluding hydrogens is 379 g/mol. The summed E-state index contributed by atoms with van der Waals surface area (Å²) in [5, 5.41) is 4.31. The van der Waals surface area contributed by atoms with Crippen LogP contribution in [0.5, 0.6) is 0 Å². The quantitative estimate of drug-likeness (QED) is 0.178. The molecule has 1 heteroatoms. The van der Waals surface area contributed by atoms with Crippen LogP contribution < -0.4 is 15.9 Å². The van der Waals surface area contributed by atoms with Crippen LogP contribution in [-0.4, -0.2) is 5.80 Å². The second-order valence-corrected chi connectivity index (χ2v) is 11.2. The number of benzene rings is 3. The largest absolute Gasteiger partial charge is 0.0885 e. The lowest BCUT2D eigenvalue weighted by Crippen LogP contribution is -2.26. The Bertz CT molecular complexity index is 820. The van der Waals surface area contributed by atoms with Gasteiger partial charge in [-0.05, 0) is 48.5 Å². The van der Waals surface area contributed by atoms with Gasteiger partial charge in [0.05, 0.1) is 0 Å². The summed E-state index contributed by atoms with van der Waals surface area (Å²) in [5.74, 6) is 2.63. The van der Waals surface area contributed by atoms with Crippen LogP contribution in [0.2, 0.25) is 0 Å². The highest BCUT2D eigenvalue weighted by Crippen LogP contribution is 2.44. The molecule has 3 rings (SSSR count). The lowest BCUT2D eigenvalue weighted by molar-refractivity contribution is 0.674. The zero-order valence-electron chi connectivity index (χ0n) is 18.3. The van der Waals surface area contributed by atoms with Gasteiger partial charge in [-0.1, -0.05) is 135 Å². The molecule has 0 aromatic heterocycles. The molecule has 0 aliphatic rings. The van der Waals surface area contributed by atoms with Gasteiger partial charge in [-0.25, -0.2) is 0 Å². The van der Waals surface area contributed by atoms with Crippen LogP contribution in [0.4, 0.5) is 0 Å². The summed E-state index contributed by atoms with van der Waals surface area (Å²) in [4.78, 5) is 0. The summed E-state index contributed by atoms with van der Waals surface area (Å²) in [6.07, 6.45) is 13.6. The number of rotatable bonds is 11. The molecule has 30 heavy (non-hydrogen) atoms. The summed E-state index contributed by atoms with van der Waals surface area (Å²) >= 11 is 0. The van der Waals surface area contributed by atoms with Crippen molar-refractivity contribution < 1.29 is 0 Å². The topological polar surface area (TPSA) is 0 Å². The van der Waals surface area contributed by atoms with Crippen molar-refractivity contribution in [1.29, 1.82) is 0 Å². The van der Waals surface area contributed by atoms with Crippen LogP contribution in [0.3, 0.4) is 0 Å². The van der Waals surface area contributed by atoms with Crippen molar-refractivity contribution in [2.45, 2.75) is 51.9 Å². The summed E-state index contributed by atoms with van der Waals surface area (Å²) in [5.41, 5.74) is 0. The minimum absolute atomic E-state index is 1.10. The maximum absolute atomic E-state index is 2.63. The molecule has 0 bridgehead atoms. The van der Waals surface area contributed by atoms with Gasteiger partial charge in [-0.15, -0.1) is 0 Å². The van der Waals surface area contributed by atoms with Gasteiger partial charge >= 0.3 is 0 Å². The highest BCUT2D eigenvalue weighted by molar-refractivity contribution is 7.94. The third kappa shape index (κ3) is 5.87. The van der Waals surface area contributed by atoms with Gasteiger partial charge in [-0.2, -0.15) is 0 Å². The monoisotopic (exact) mass is 414 g/mol. The maximum atomic E-state index is 2.63. The van der Waals surface area contributed by atoms with E-state index in [0.717, 1.165) is 12.8 Å². The molecule has 3 aromatic carbocycles. The first-order valence-corrected chi connectivity index (χ1v) is 13.3. The molecule has 0 nitrogen and oxygen atoms in total. The summed E-state index contributed by atoms with van der Waals surface area (Å²) in [6, 6.07) is 33.3. The molecule has 0 saturated carbocycles. The Balaban J connectivity index is 1.92. The molecule has 0 amide bonds. The van der Waals surface area contributed by atoms with Gasteiger partial charge in [0.25, 0.3) is 0 Å². The van der Waals surface area contributed by atoms with Crippen molar-refractivity contribution in [3.05, 3.63) is 103 Å². The van der Waals surface area contributed by atoms with Crippen LogP contribution in [0, 0.1) is 0 Å². The molecule has 0 spiro atoms. The molecule has 0 N–H and O–H groups in total. The Kier molecular flexibility index (Phi) is 9.26. The van der Waals surface area contributed by atoms with Crippen molar-refractivity contribution in [3.63, 3.8) is 0 Å². The minimum atomic E-state index is -1.78. The van der Waals surface area contributed by atoms with Crippen LogP contribution >= 0.6 is 6.89 Å². The highest BCUT2D eigenvalue weighted by atomic mass is 31.2. The highest BCUT2D eigenvalue weighted by Gasteiger charge is 2.23. The van der Waals surface area contributed by atoms with E-state index in [9.17, 15) is 0 Å². The molecule has 0 aliphatic heterocycles. The van der Waals surface area contributed by atoms with Gasteiger partial charge in [-0.3, -0.25) is 0 Å². The van der Waals surface area contributed by atoms with Crippen LogP contribution in [0.1, 0.15) is 51.9 Å². The lowest BCUT2D eigenvalue weighted by Gasteiger charge is -2.28. The van der Waals surface area contributed by atoms with Crippen molar-refractivity contribution in [3.8, 4) is 0 Å². The molecule has 156 valence electrons. The normalized spacial score (nSPS) is 11.6. The average molecular weight is 415 g/mol. The summed E-state index contributed by atoms with van der Waals surface area (Å²) < 4.78 is 0. The molecule has 0 heterocycles. The lowest BCUT2D eigenvalue weighted by atomic mass is 10.1. The van der Waals surface area contributed by atoms with E-state index in [0.29, 0.717) is 0 Å². The maximum Gasteiger partial charge on any atom is -0.0163 e. The summed E-state index contributed by atoms with van der Waals surface area (Å²) in [6.45, 7) is 0.489. The van der Waals surface area contributed by atoms with E-state index in [4.69, 9.17) is 0 Å². The van der Waals surface area contributed by atoms with Gasteiger partial charge in [0.15, 0.2) is 0 Å². The fourth-order valence-corrected chi connectivity index (χ4v) is 8.03. The van der Waals surface area contributed by atoms with Crippen molar-refractivity contribution >= 4 is 28.6 Å².